The third-order valence-corrected chi connectivity index (χ3v) is 1.92. The van der Waals surface area contributed by atoms with E-state index >= 15 is 0 Å². The molecule has 6 heteroatoms. The summed E-state index contributed by atoms with van der Waals surface area (Å²) in [6.45, 7) is 0.267. The van der Waals surface area contributed by atoms with E-state index in [4.69, 9.17) is 5.73 Å². The second kappa shape index (κ2) is 4.59. The molecule has 1 aromatic rings. The van der Waals surface area contributed by atoms with E-state index in [9.17, 15) is 4.79 Å². The van der Waals surface area contributed by atoms with E-state index in [1.54, 1.807) is 38.3 Å². The van der Waals surface area contributed by atoms with Gasteiger partial charge >= 0.3 is 0 Å². The van der Waals surface area contributed by atoms with Crippen LogP contribution in [0.25, 0.3) is 0 Å². The highest BCUT2D eigenvalue weighted by Crippen LogP contribution is 2.08. The van der Waals surface area contributed by atoms with Gasteiger partial charge in [-0.25, -0.2) is 4.98 Å². The maximum absolute atomic E-state index is 11.4. The molecule has 0 aliphatic rings. The van der Waals surface area contributed by atoms with Crippen LogP contribution in [-0.4, -0.2) is 48.5 Å². The van der Waals surface area contributed by atoms with Gasteiger partial charge in [-0.3, -0.25) is 4.79 Å². The van der Waals surface area contributed by atoms with Crippen LogP contribution in [-0.2, 0) is 4.79 Å². The zero-order valence-corrected chi connectivity index (χ0v) is 9.14. The summed E-state index contributed by atoms with van der Waals surface area (Å²) in [7, 11) is 5.21. The lowest BCUT2D eigenvalue weighted by Gasteiger charge is -2.19. The summed E-state index contributed by atoms with van der Waals surface area (Å²) in [5.41, 5.74) is 5.44. The van der Waals surface area contributed by atoms with Crippen molar-refractivity contribution in [2.75, 3.05) is 38.3 Å². The highest BCUT2D eigenvalue weighted by atomic mass is 16.2. The minimum Gasteiger partial charge on any atom is -0.368 e. The second-order valence-electron chi connectivity index (χ2n) is 3.42. The van der Waals surface area contributed by atoms with Gasteiger partial charge in [0.05, 0.1) is 6.54 Å². The number of nitrogen functional groups attached to an aromatic ring is 1. The van der Waals surface area contributed by atoms with Gasteiger partial charge in [0.25, 0.3) is 0 Å². The Hall–Kier alpha value is -1.85. The lowest BCUT2D eigenvalue weighted by atomic mass is 10.4. The molecule has 0 unspecified atom stereocenters. The van der Waals surface area contributed by atoms with E-state index in [0.717, 1.165) is 0 Å². The van der Waals surface area contributed by atoms with Crippen molar-refractivity contribution in [3.8, 4) is 0 Å². The van der Waals surface area contributed by atoms with E-state index in [1.807, 2.05) is 0 Å². The topological polar surface area (TPSA) is 75.4 Å². The van der Waals surface area contributed by atoms with Crippen LogP contribution >= 0.6 is 0 Å². The molecule has 0 spiro atoms. The van der Waals surface area contributed by atoms with E-state index in [0.29, 0.717) is 5.82 Å². The first kappa shape index (κ1) is 11.2. The third-order valence-electron chi connectivity index (χ3n) is 1.92. The highest BCUT2D eigenvalue weighted by Gasteiger charge is 2.10. The van der Waals surface area contributed by atoms with E-state index in [-0.39, 0.29) is 18.4 Å². The van der Waals surface area contributed by atoms with Gasteiger partial charge in [-0.05, 0) is 6.07 Å². The normalized spacial score (nSPS) is 9.80. The van der Waals surface area contributed by atoms with Gasteiger partial charge < -0.3 is 15.5 Å². The Morgan fingerprint density at radius 1 is 1.47 bits per heavy atom. The Morgan fingerprint density at radius 2 is 2.13 bits per heavy atom. The Morgan fingerprint density at radius 3 is 2.67 bits per heavy atom. The summed E-state index contributed by atoms with van der Waals surface area (Å²) in [5.74, 6) is 0.851. The second-order valence-corrected chi connectivity index (χ2v) is 3.42. The van der Waals surface area contributed by atoms with Gasteiger partial charge in [0.1, 0.15) is 5.82 Å². The summed E-state index contributed by atoms with van der Waals surface area (Å²) >= 11 is 0. The number of anilines is 2. The fourth-order valence-corrected chi connectivity index (χ4v) is 1.00. The predicted molar refractivity (Wildman–Crippen MR) is 58.4 cm³/mol. The molecule has 2 N–H and O–H groups in total. The van der Waals surface area contributed by atoms with Gasteiger partial charge in [0, 0.05) is 27.3 Å². The maximum Gasteiger partial charge on any atom is 0.241 e. The van der Waals surface area contributed by atoms with Crippen LogP contribution in [0, 0.1) is 0 Å². The number of hydrogen-bond acceptors (Lipinski definition) is 5. The van der Waals surface area contributed by atoms with Crippen molar-refractivity contribution < 1.29 is 4.79 Å². The van der Waals surface area contributed by atoms with Crippen molar-refractivity contribution in [2.24, 2.45) is 0 Å². The Bertz CT molecular complexity index is 352. The molecular formula is C9H15N5O. The first-order valence-corrected chi connectivity index (χ1v) is 4.50. The molecule has 6 nitrogen and oxygen atoms in total. The van der Waals surface area contributed by atoms with Crippen molar-refractivity contribution in [1.82, 2.24) is 14.9 Å². The molecule has 0 aliphatic carbocycles. The standard InChI is InChI=1S/C9H15N5O/c1-13(2)8(15)6-14(3)7-4-5-11-9(10)12-7/h4-5H,6H2,1-3H3,(H2,10,11,12). The molecule has 0 aromatic carbocycles. The van der Waals surface area contributed by atoms with Crippen LogP contribution in [0.1, 0.15) is 0 Å². The van der Waals surface area contributed by atoms with Gasteiger partial charge in [0.2, 0.25) is 11.9 Å². The molecule has 0 bridgehead atoms. The molecule has 82 valence electrons. The largest absolute Gasteiger partial charge is 0.368 e. The summed E-state index contributed by atoms with van der Waals surface area (Å²) in [4.78, 5) is 22.5. The lowest BCUT2D eigenvalue weighted by molar-refractivity contribution is -0.127. The predicted octanol–water partition coefficient (Wildman–Crippen LogP) is -0.417. The molecular weight excluding hydrogens is 194 g/mol. The molecule has 0 radical (unpaired) electrons. The number of aromatic nitrogens is 2. The average molecular weight is 209 g/mol. The minimum atomic E-state index is 0.00897. The molecule has 0 aliphatic heterocycles. The van der Waals surface area contributed by atoms with E-state index in [2.05, 4.69) is 9.97 Å². The zero-order valence-electron chi connectivity index (χ0n) is 9.14. The van der Waals surface area contributed by atoms with Gasteiger partial charge in [0.15, 0.2) is 0 Å². The number of nitrogens with zero attached hydrogens (tertiary/aromatic N) is 4. The summed E-state index contributed by atoms with van der Waals surface area (Å²) < 4.78 is 0. The molecule has 0 fully saturated rings. The maximum atomic E-state index is 11.4. The lowest BCUT2D eigenvalue weighted by Crippen LogP contribution is -2.34. The van der Waals surface area contributed by atoms with Crippen molar-refractivity contribution in [2.45, 2.75) is 0 Å². The number of carbonyl (C=O) groups is 1. The van der Waals surface area contributed by atoms with Crippen LogP contribution in [0.3, 0.4) is 0 Å². The minimum absolute atomic E-state index is 0.00897. The number of rotatable bonds is 3. The van der Waals surface area contributed by atoms with E-state index in [1.165, 1.54) is 4.90 Å². The van der Waals surface area contributed by atoms with Crippen LogP contribution in [0.2, 0.25) is 0 Å². The highest BCUT2D eigenvalue weighted by molar-refractivity contribution is 5.80. The molecule has 0 saturated carbocycles. The summed E-state index contributed by atoms with van der Waals surface area (Å²) in [5, 5.41) is 0. The number of carbonyl (C=O) groups excluding carboxylic acids is 1. The number of amides is 1. The van der Waals surface area contributed by atoms with Crippen LogP contribution < -0.4 is 10.6 Å². The fourth-order valence-electron chi connectivity index (χ4n) is 1.00. The van der Waals surface area contributed by atoms with Crippen LogP contribution in [0.5, 0.6) is 0 Å². The molecule has 0 atom stereocenters. The number of nitrogens with two attached hydrogens (primary N) is 1. The zero-order chi connectivity index (χ0) is 11.4. The third kappa shape index (κ3) is 3.08. The van der Waals surface area contributed by atoms with Crippen molar-refractivity contribution in [3.05, 3.63) is 12.3 Å². The molecule has 1 aromatic heterocycles. The first-order chi connectivity index (χ1) is 7.00. The average Bonchev–Trinajstić information content (AvgIpc) is 2.17. The number of likely N-dealkylation sites (N-methyl/N-ethyl adjacent to an activating group) is 2. The van der Waals surface area contributed by atoms with Crippen LogP contribution in [0.15, 0.2) is 12.3 Å². The Kier molecular flexibility index (Phi) is 3.43. The smallest absolute Gasteiger partial charge is 0.241 e. The fraction of sp³-hybridized carbons (Fsp3) is 0.444. The molecule has 1 amide bonds. The van der Waals surface area contributed by atoms with Crippen molar-refractivity contribution in [3.63, 3.8) is 0 Å². The van der Waals surface area contributed by atoms with Gasteiger partial charge in [-0.1, -0.05) is 0 Å². The Labute approximate surface area is 88.7 Å². The molecule has 15 heavy (non-hydrogen) atoms. The van der Waals surface area contributed by atoms with Crippen molar-refractivity contribution >= 4 is 17.7 Å². The van der Waals surface area contributed by atoms with Gasteiger partial charge in [-0.15, -0.1) is 0 Å². The van der Waals surface area contributed by atoms with Gasteiger partial charge in [-0.2, -0.15) is 4.98 Å². The molecule has 1 rings (SSSR count). The Balaban J connectivity index is 2.69. The molecule has 1 heterocycles. The van der Waals surface area contributed by atoms with Crippen LogP contribution in [0.4, 0.5) is 11.8 Å². The molecule has 0 saturated heterocycles. The summed E-state index contributed by atoms with van der Waals surface area (Å²) in [6, 6.07) is 1.71. The van der Waals surface area contributed by atoms with Crippen molar-refractivity contribution in [1.29, 1.82) is 0 Å². The quantitative estimate of drug-likeness (QED) is 0.732. The van der Waals surface area contributed by atoms with E-state index < -0.39 is 0 Å². The first-order valence-electron chi connectivity index (χ1n) is 4.50. The summed E-state index contributed by atoms with van der Waals surface area (Å²) in [6.07, 6.45) is 1.56. The monoisotopic (exact) mass is 209 g/mol. The SMILES string of the molecule is CN(C)C(=O)CN(C)c1ccnc(N)n1. The number of hydrogen-bond donors (Lipinski definition) is 1.